The molecule has 0 spiro atoms. The van der Waals surface area contributed by atoms with E-state index in [1.54, 1.807) is 0 Å². The maximum Gasteiger partial charge on any atom is 0.0644 e. The summed E-state index contributed by atoms with van der Waals surface area (Å²) >= 11 is 0. The minimum Gasteiger partial charge on any atom is -0.361 e. The predicted molar refractivity (Wildman–Crippen MR) is 150 cm³/mol. The summed E-state index contributed by atoms with van der Waals surface area (Å²) in [5.74, 6) is 0.227. The molecule has 0 bridgehead atoms. The summed E-state index contributed by atoms with van der Waals surface area (Å²) in [7, 11) is 0. The van der Waals surface area contributed by atoms with Crippen LogP contribution in [0.4, 0.5) is 0 Å². The third-order valence-corrected chi connectivity index (χ3v) is 8.03. The molecule has 3 heteroatoms. The largest absolute Gasteiger partial charge is 0.361 e. The first-order valence-electron chi connectivity index (χ1n) is 13.0. The Morgan fingerprint density at radius 2 is 1.00 bits per heavy atom. The average Bonchev–Trinajstić information content (AvgIpc) is 3.55. The molecule has 2 unspecified atom stereocenters. The van der Waals surface area contributed by atoms with Crippen LogP contribution in [0.25, 0.3) is 0 Å². The monoisotopic (exact) mass is 475 g/mol. The topological polar surface area (TPSA) is 47.4 Å². The molecule has 3 aromatic heterocycles. The van der Waals surface area contributed by atoms with Gasteiger partial charge in [-0.25, -0.2) is 0 Å². The highest BCUT2D eigenvalue weighted by Crippen LogP contribution is 2.39. The van der Waals surface area contributed by atoms with Crippen molar-refractivity contribution in [3.63, 3.8) is 0 Å². The Morgan fingerprint density at radius 1 is 0.528 bits per heavy atom. The van der Waals surface area contributed by atoms with E-state index < -0.39 is 0 Å². The lowest BCUT2D eigenvalue weighted by atomic mass is 9.89. The van der Waals surface area contributed by atoms with Crippen molar-refractivity contribution < 1.29 is 0 Å². The molecule has 5 aromatic rings. The van der Waals surface area contributed by atoms with Crippen LogP contribution in [0.1, 0.15) is 86.3 Å². The van der Waals surface area contributed by atoms with Crippen molar-refractivity contribution in [1.29, 1.82) is 0 Å². The number of hydrogen-bond donors (Lipinski definition) is 3. The SMILES string of the molecule is CCc1c(C)[nH]c(C(c2ccccc2)c2ccc(C(c3ccccc3)c3[nH]c(C)c(C)c3C)[nH]2)c1C. The molecule has 0 saturated carbocycles. The standard InChI is InChI=1S/C33H37N3/c1-7-27-22(4)33(35-24(27)6)31(26-16-12-9-13-17-26)29-19-18-28(36-29)30(25-14-10-8-11-15-25)32-21(3)20(2)23(5)34-32/h8-19,30-31,34-36H,7H2,1-6H3. The fourth-order valence-corrected chi connectivity index (χ4v) is 5.86. The van der Waals surface area contributed by atoms with Crippen molar-refractivity contribution in [3.8, 4) is 0 Å². The van der Waals surface area contributed by atoms with E-state index in [0.717, 1.165) is 6.42 Å². The molecule has 36 heavy (non-hydrogen) atoms. The molecule has 0 saturated heterocycles. The zero-order valence-electron chi connectivity index (χ0n) is 22.3. The first kappa shape index (κ1) is 24.0. The quantitative estimate of drug-likeness (QED) is 0.213. The fourth-order valence-electron chi connectivity index (χ4n) is 5.86. The van der Waals surface area contributed by atoms with E-state index in [1.165, 1.54) is 67.5 Å². The van der Waals surface area contributed by atoms with E-state index in [9.17, 15) is 0 Å². The van der Waals surface area contributed by atoms with Gasteiger partial charge in [0.05, 0.1) is 11.8 Å². The second-order valence-corrected chi connectivity index (χ2v) is 10.1. The van der Waals surface area contributed by atoms with Crippen LogP contribution in [0.2, 0.25) is 0 Å². The number of rotatable bonds is 7. The van der Waals surface area contributed by atoms with E-state index in [-0.39, 0.29) is 11.8 Å². The van der Waals surface area contributed by atoms with Gasteiger partial charge in [0.25, 0.3) is 0 Å². The van der Waals surface area contributed by atoms with Crippen LogP contribution in [0.15, 0.2) is 72.8 Å². The van der Waals surface area contributed by atoms with Gasteiger partial charge in [0, 0.05) is 34.2 Å². The Hall–Kier alpha value is -3.72. The van der Waals surface area contributed by atoms with Crippen LogP contribution in [0, 0.1) is 34.6 Å². The number of hydrogen-bond acceptors (Lipinski definition) is 0. The third kappa shape index (κ3) is 4.13. The highest BCUT2D eigenvalue weighted by molar-refractivity contribution is 5.49. The second kappa shape index (κ2) is 9.73. The summed E-state index contributed by atoms with van der Waals surface area (Å²) in [6, 6.07) is 26.2. The summed E-state index contributed by atoms with van der Waals surface area (Å²) in [6.07, 6.45) is 1.03. The number of H-pyrrole nitrogens is 3. The van der Waals surface area contributed by atoms with Gasteiger partial charge in [-0.3, -0.25) is 0 Å². The van der Waals surface area contributed by atoms with Crippen LogP contribution >= 0.6 is 0 Å². The van der Waals surface area contributed by atoms with Gasteiger partial charge in [-0.05, 0) is 86.6 Å². The summed E-state index contributed by atoms with van der Waals surface area (Å²) in [5, 5.41) is 0. The molecule has 3 nitrogen and oxygen atoms in total. The summed E-state index contributed by atoms with van der Waals surface area (Å²) in [4.78, 5) is 11.4. The Kier molecular flexibility index (Phi) is 6.49. The van der Waals surface area contributed by atoms with E-state index in [4.69, 9.17) is 0 Å². The van der Waals surface area contributed by atoms with Gasteiger partial charge < -0.3 is 15.0 Å². The zero-order valence-corrected chi connectivity index (χ0v) is 22.3. The molecule has 0 radical (unpaired) electrons. The molecule has 0 aliphatic heterocycles. The molecule has 3 N–H and O–H groups in total. The lowest BCUT2D eigenvalue weighted by Gasteiger charge is -2.19. The summed E-state index contributed by atoms with van der Waals surface area (Å²) in [6.45, 7) is 13.3. The molecule has 0 amide bonds. The molecule has 184 valence electrons. The lowest BCUT2D eigenvalue weighted by molar-refractivity contribution is 0.840. The lowest BCUT2D eigenvalue weighted by Crippen LogP contribution is -2.09. The Balaban J connectivity index is 1.67. The van der Waals surface area contributed by atoms with Gasteiger partial charge in [-0.2, -0.15) is 0 Å². The van der Waals surface area contributed by atoms with Gasteiger partial charge in [0.2, 0.25) is 0 Å². The molecule has 5 rings (SSSR count). The number of aromatic nitrogens is 3. The molecule has 0 aliphatic carbocycles. The number of aromatic amines is 3. The highest BCUT2D eigenvalue weighted by Gasteiger charge is 2.27. The van der Waals surface area contributed by atoms with Crippen LogP contribution in [0.3, 0.4) is 0 Å². The van der Waals surface area contributed by atoms with E-state index in [2.05, 4.69) is 129 Å². The second-order valence-electron chi connectivity index (χ2n) is 10.1. The predicted octanol–water partition coefficient (Wildman–Crippen LogP) is 8.14. The third-order valence-electron chi connectivity index (χ3n) is 8.03. The van der Waals surface area contributed by atoms with E-state index in [0.29, 0.717) is 0 Å². The normalized spacial score (nSPS) is 13.2. The van der Waals surface area contributed by atoms with E-state index in [1.807, 2.05) is 0 Å². The maximum atomic E-state index is 3.90. The number of aryl methyl sites for hydroxylation is 2. The van der Waals surface area contributed by atoms with Gasteiger partial charge in [0.1, 0.15) is 0 Å². The summed E-state index contributed by atoms with van der Waals surface area (Å²) in [5.41, 5.74) is 15.5. The van der Waals surface area contributed by atoms with E-state index >= 15 is 0 Å². The van der Waals surface area contributed by atoms with Crippen LogP contribution < -0.4 is 0 Å². The number of benzene rings is 2. The van der Waals surface area contributed by atoms with Crippen molar-refractivity contribution in [2.24, 2.45) is 0 Å². The average molecular weight is 476 g/mol. The Bertz CT molecular complexity index is 1460. The van der Waals surface area contributed by atoms with Crippen LogP contribution in [-0.2, 0) is 6.42 Å². The first-order valence-corrected chi connectivity index (χ1v) is 13.0. The van der Waals surface area contributed by atoms with Crippen molar-refractivity contribution in [3.05, 3.63) is 140 Å². The van der Waals surface area contributed by atoms with Crippen molar-refractivity contribution >= 4 is 0 Å². The molecule has 3 heterocycles. The molecular formula is C33H37N3. The molecule has 2 atom stereocenters. The molecule has 0 fully saturated rings. The van der Waals surface area contributed by atoms with Crippen LogP contribution in [-0.4, -0.2) is 15.0 Å². The van der Waals surface area contributed by atoms with Crippen LogP contribution in [0.5, 0.6) is 0 Å². The van der Waals surface area contributed by atoms with Crippen molar-refractivity contribution in [1.82, 2.24) is 15.0 Å². The van der Waals surface area contributed by atoms with Gasteiger partial charge in [-0.1, -0.05) is 67.6 Å². The van der Waals surface area contributed by atoms with Gasteiger partial charge in [-0.15, -0.1) is 0 Å². The van der Waals surface area contributed by atoms with Gasteiger partial charge >= 0.3 is 0 Å². The minimum absolute atomic E-state index is 0.112. The first-order chi connectivity index (χ1) is 17.4. The molecule has 0 aliphatic rings. The minimum atomic E-state index is 0.112. The Morgan fingerprint density at radius 3 is 1.42 bits per heavy atom. The van der Waals surface area contributed by atoms with Gasteiger partial charge in [0.15, 0.2) is 0 Å². The smallest absolute Gasteiger partial charge is 0.0644 e. The molecular weight excluding hydrogens is 438 g/mol. The van der Waals surface area contributed by atoms with Crippen molar-refractivity contribution in [2.75, 3.05) is 0 Å². The Labute approximate surface area is 215 Å². The number of nitrogens with one attached hydrogen (secondary N) is 3. The highest BCUT2D eigenvalue weighted by atomic mass is 14.8. The summed E-state index contributed by atoms with van der Waals surface area (Å²) < 4.78 is 0. The fraction of sp³-hybridized carbons (Fsp3) is 0.273. The maximum absolute atomic E-state index is 3.90. The zero-order chi connectivity index (χ0) is 25.4. The molecule has 2 aromatic carbocycles. The van der Waals surface area contributed by atoms with Crippen molar-refractivity contribution in [2.45, 2.75) is 59.8 Å².